The third kappa shape index (κ3) is 2.54. The van der Waals surface area contributed by atoms with Gasteiger partial charge in [-0.15, -0.1) is 11.3 Å². The predicted molar refractivity (Wildman–Crippen MR) is 89.6 cm³/mol. The molecular formula is C13H9ClIN3S. The quantitative estimate of drug-likeness (QED) is 0.485. The van der Waals surface area contributed by atoms with E-state index in [4.69, 9.17) is 11.6 Å². The number of hydrogen-bond donors (Lipinski definition) is 1. The number of benzene rings is 1. The molecule has 1 N–H and O–H groups in total. The fraction of sp³-hybridized carbons (Fsp3) is 0.0769. The summed E-state index contributed by atoms with van der Waals surface area (Å²) in [5.41, 5.74) is 3.11. The van der Waals surface area contributed by atoms with Gasteiger partial charge in [0.15, 0.2) is 5.82 Å². The number of thiophene rings is 1. The van der Waals surface area contributed by atoms with Crippen LogP contribution in [0.5, 0.6) is 0 Å². The Balaban J connectivity index is 2.10. The van der Waals surface area contributed by atoms with Gasteiger partial charge in [0.05, 0.1) is 10.2 Å². The molecule has 0 fully saturated rings. The van der Waals surface area contributed by atoms with Crippen LogP contribution in [0.3, 0.4) is 0 Å². The van der Waals surface area contributed by atoms with Crippen molar-refractivity contribution in [1.82, 2.24) is 9.97 Å². The number of aromatic nitrogens is 2. The van der Waals surface area contributed by atoms with Gasteiger partial charge in [0.2, 0.25) is 5.28 Å². The van der Waals surface area contributed by atoms with Gasteiger partial charge in [-0.2, -0.15) is 4.98 Å². The summed E-state index contributed by atoms with van der Waals surface area (Å²) in [7, 11) is 0. The van der Waals surface area contributed by atoms with Crippen LogP contribution in [0.15, 0.2) is 29.6 Å². The van der Waals surface area contributed by atoms with E-state index in [9.17, 15) is 0 Å². The molecule has 0 atom stereocenters. The molecule has 3 rings (SSSR count). The van der Waals surface area contributed by atoms with Gasteiger partial charge in [-0.05, 0) is 70.3 Å². The molecule has 0 bridgehead atoms. The minimum atomic E-state index is 0.261. The minimum Gasteiger partial charge on any atom is -0.339 e. The van der Waals surface area contributed by atoms with Crippen LogP contribution in [0.2, 0.25) is 5.28 Å². The fourth-order valence-corrected chi connectivity index (χ4v) is 3.24. The Morgan fingerprint density at radius 3 is 2.95 bits per heavy atom. The van der Waals surface area contributed by atoms with Gasteiger partial charge < -0.3 is 5.32 Å². The van der Waals surface area contributed by atoms with Gasteiger partial charge in [0, 0.05) is 9.26 Å². The molecule has 2 aromatic heterocycles. The van der Waals surface area contributed by atoms with E-state index in [1.54, 1.807) is 11.3 Å². The Bertz CT molecular complexity index is 757. The maximum atomic E-state index is 5.96. The molecule has 1 aromatic carbocycles. The molecule has 96 valence electrons. The molecule has 0 aliphatic rings. The molecule has 0 spiro atoms. The summed E-state index contributed by atoms with van der Waals surface area (Å²) >= 11 is 9.88. The van der Waals surface area contributed by atoms with Crippen molar-refractivity contribution < 1.29 is 0 Å². The van der Waals surface area contributed by atoms with Gasteiger partial charge in [0.1, 0.15) is 0 Å². The zero-order chi connectivity index (χ0) is 13.4. The lowest BCUT2D eigenvalue weighted by Crippen LogP contribution is -1.98. The molecule has 2 heterocycles. The summed E-state index contributed by atoms with van der Waals surface area (Å²) in [4.78, 5) is 8.49. The van der Waals surface area contributed by atoms with Crippen LogP contribution in [0.1, 0.15) is 5.56 Å². The molecule has 19 heavy (non-hydrogen) atoms. The van der Waals surface area contributed by atoms with E-state index in [0.717, 1.165) is 21.7 Å². The van der Waals surface area contributed by atoms with E-state index in [-0.39, 0.29) is 5.28 Å². The first kappa shape index (κ1) is 13.1. The Kier molecular flexibility index (Phi) is 3.60. The molecule has 3 aromatic rings. The van der Waals surface area contributed by atoms with E-state index in [1.165, 1.54) is 9.13 Å². The maximum Gasteiger partial charge on any atom is 0.224 e. The summed E-state index contributed by atoms with van der Waals surface area (Å²) in [5.74, 6) is 0.759. The van der Waals surface area contributed by atoms with Gasteiger partial charge >= 0.3 is 0 Å². The SMILES string of the molecule is Cc1c(I)cccc1Nc1nc(Cl)nc2ccsc12. The minimum absolute atomic E-state index is 0.261. The molecule has 0 amide bonds. The second kappa shape index (κ2) is 5.22. The molecule has 0 aliphatic heterocycles. The monoisotopic (exact) mass is 401 g/mol. The number of nitrogens with zero attached hydrogens (tertiary/aromatic N) is 2. The van der Waals surface area contributed by atoms with Gasteiger partial charge in [-0.25, -0.2) is 4.98 Å². The average molecular weight is 402 g/mol. The predicted octanol–water partition coefficient (Wildman–Crippen LogP) is 5.00. The lowest BCUT2D eigenvalue weighted by Gasteiger charge is -2.10. The second-order valence-corrected chi connectivity index (χ2v) is 6.43. The molecule has 0 aliphatic carbocycles. The lowest BCUT2D eigenvalue weighted by molar-refractivity contribution is 1.22. The number of hydrogen-bond acceptors (Lipinski definition) is 4. The van der Waals surface area contributed by atoms with Crippen LogP contribution in [0, 0.1) is 10.5 Å². The van der Waals surface area contributed by atoms with Crippen LogP contribution < -0.4 is 5.32 Å². The highest BCUT2D eigenvalue weighted by Gasteiger charge is 2.10. The van der Waals surface area contributed by atoms with E-state index >= 15 is 0 Å². The highest BCUT2D eigenvalue weighted by Crippen LogP contribution is 2.31. The number of rotatable bonds is 2. The highest BCUT2D eigenvalue weighted by atomic mass is 127. The van der Waals surface area contributed by atoms with Crippen molar-refractivity contribution in [1.29, 1.82) is 0 Å². The summed E-state index contributed by atoms with van der Waals surface area (Å²) in [5, 5.41) is 5.60. The van der Waals surface area contributed by atoms with E-state index < -0.39 is 0 Å². The van der Waals surface area contributed by atoms with Crippen molar-refractivity contribution in [3.05, 3.63) is 44.1 Å². The molecule has 0 saturated carbocycles. The Morgan fingerprint density at radius 2 is 2.11 bits per heavy atom. The third-order valence-electron chi connectivity index (χ3n) is 2.80. The van der Waals surface area contributed by atoms with E-state index in [0.29, 0.717) is 0 Å². The number of nitrogens with one attached hydrogen (secondary N) is 1. The molecular weight excluding hydrogens is 393 g/mol. The summed E-state index contributed by atoms with van der Waals surface area (Å²) in [6.45, 7) is 2.08. The van der Waals surface area contributed by atoms with Crippen molar-refractivity contribution >= 4 is 67.3 Å². The first-order valence-corrected chi connectivity index (χ1v) is 7.91. The maximum absolute atomic E-state index is 5.96. The topological polar surface area (TPSA) is 37.8 Å². The molecule has 0 unspecified atom stereocenters. The first-order chi connectivity index (χ1) is 9.15. The van der Waals surface area contributed by atoms with Gasteiger partial charge in [-0.3, -0.25) is 0 Å². The van der Waals surface area contributed by atoms with Crippen LogP contribution in [0.25, 0.3) is 10.2 Å². The van der Waals surface area contributed by atoms with Crippen molar-refractivity contribution in [2.45, 2.75) is 6.92 Å². The zero-order valence-electron chi connectivity index (χ0n) is 9.95. The average Bonchev–Trinajstić information content (AvgIpc) is 2.83. The summed E-state index contributed by atoms with van der Waals surface area (Å²) in [6.07, 6.45) is 0. The standard InChI is InChI=1S/C13H9ClIN3S/c1-7-8(15)3-2-4-9(7)16-12-11-10(5-6-19-11)17-13(14)18-12/h2-6H,1H3,(H,16,17,18). The smallest absolute Gasteiger partial charge is 0.224 e. The number of anilines is 2. The second-order valence-electron chi connectivity index (χ2n) is 4.01. The molecule has 0 saturated heterocycles. The molecule has 0 radical (unpaired) electrons. The van der Waals surface area contributed by atoms with Crippen LogP contribution in [-0.2, 0) is 0 Å². The Labute approximate surface area is 133 Å². The molecule has 3 nitrogen and oxygen atoms in total. The zero-order valence-corrected chi connectivity index (χ0v) is 13.7. The fourth-order valence-electron chi connectivity index (χ4n) is 1.79. The van der Waals surface area contributed by atoms with E-state index in [2.05, 4.69) is 50.9 Å². The number of fused-ring (bicyclic) bond motifs is 1. The highest BCUT2D eigenvalue weighted by molar-refractivity contribution is 14.1. The van der Waals surface area contributed by atoms with Crippen LogP contribution >= 0.6 is 45.5 Å². The molecule has 6 heteroatoms. The van der Waals surface area contributed by atoms with Gasteiger partial charge in [-0.1, -0.05) is 6.07 Å². The van der Waals surface area contributed by atoms with E-state index in [1.807, 2.05) is 23.6 Å². The largest absolute Gasteiger partial charge is 0.339 e. The van der Waals surface area contributed by atoms with Crippen molar-refractivity contribution in [2.75, 3.05) is 5.32 Å². The van der Waals surface area contributed by atoms with Gasteiger partial charge in [0.25, 0.3) is 0 Å². The summed E-state index contributed by atoms with van der Waals surface area (Å²) in [6, 6.07) is 8.08. The summed E-state index contributed by atoms with van der Waals surface area (Å²) < 4.78 is 2.23. The Morgan fingerprint density at radius 1 is 1.26 bits per heavy atom. The normalized spacial score (nSPS) is 10.9. The van der Waals surface area contributed by atoms with Crippen molar-refractivity contribution in [3.8, 4) is 0 Å². The number of halogens is 2. The van der Waals surface area contributed by atoms with Crippen molar-refractivity contribution in [3.63, 3.8) is 0 Å². The lowest BCUT2D eigenvalue weighted by atomic mass is 10.2. The Hall–Kier alpha value is -0.920. The first-order valence-electron chi connectivity index (χ1n) is 5.58. The van der Waals surface area contributed by atoms with Crippen molar-refractivity contribution in [2.24, 2.45) is 0 Å². The van der Waals surface area contributed by atoms with Crippen LogP contribution in [-0.4, -0.2) is 9.97 Å². The third-order valence-corrected chi connectivity index (χ3v) is 5.05. The van der Waals surface area contributed by atoms with Crippen LogP contribution in [0.4, 0.5) is 11.5 Å².